The quantitative estimate of drug-likeness (QED) is 0.233. The van der Waals surface area contributed by atoms with Crippen LogP contribution in [0.1, 0.15) is 27.0 Å². The molecule has 0 aliphatic carbocycles. The number of nitrogens with zero attached hydrogens (tertiary/aromatic N) is 1. The molecule has 5 nitrogen and oxygen atoms in total. The van der Waals surface area contributed by atoms with Gasteiger partial charge >= 0.3 is 5.97 Å². The Labute approximate surface area is 198 Å². The minimum atomic E-state index is -0.462. The molecule has 0 atom stereocenters. The van der Waals surface area contributed by atoms with Gasteiger partial charge in [-0.15, -0.1) is 0 Å². The minimum Gasteiger partial charge on any atom is -0.423 e. The van der Waals surface area contributed by atoms with Crippen molar-refractivity contribution in [3.05, 3.63) is 104 Å². The lowest BCUT2D eigenvalue weighted by atomic mass is 10.1. The molecule has 0 unspecified atom stereocenters. The Kier molecular flexibility index (Phi) is 6.58. The maximum Gasteiger partial charge on any atom is 0.343 e. The average molecular weight is 508 g/mol. The van der Waals surface area contributed by atoms with Gasteiger partial charge in [-0.3, -0.25) is 14.5 Å². The molecule has 1 aliphatic rings. The molecule has 0 bridgehead atoms. The summed E-state index contributed by atoms with van der Waals surface area (Å²) in [5.41, 5.74) is 3.15. The van der Waals surface area contributed by atoms with Crippen LogP contribution in [0, 0.1) is 6.92 Å². The predicted molar refractivity (Wildman–Crippen MR) is 128 cm³/mol. The van der Waals surface area contributed by atoms with Gasteiger partial charge in [0, 0.05) is 4.47 Å². The monoisotopic (exact) mass is 507 g/mol. The Hall–Kier alpha value is -3.16. The predicted octanol–water partition coefficient (Wildman–Crippen LogP) is 6.21. The first-order chi connectivity index (χ1) is 15.4. The van der Waals surface area contributed by atoms with Gasteiger partial charge < -0.3 is 4.74 Å². The molecule has 3 aromatic carbocycles. The van der Waals surface area contributed by atoms with Crippen LogP contribution in [0.25, 0.3) is 6.08 Å². The van der Waals surface area contributed by atoms with E-state index < -0.39 is 5.97 Å². The van der Waals surface area contributed by atoms with Crippen molar-refractivity contribution in [2.45, 2.75) is 13.5 Å². The van der Waals surface area contributed by atoms with E-state index in [-0.39, 0.29) is 17.7 Å². The number of hydrogen-bond acceptors (Lipinski definition) is 5. The van der Waals surface area contributed by atoms with Crippen LogP contribution in [0.2, 0.25) is 0 Å². The first-order valence-corrected chi connectivity index (χ1v) is 11.4. The molecular weight excluding hydrogens is 490 g/mol. The summed E-state index contributed by atoms with van der Waals surface area (Å²) in [7, 11) is 0. The van der Waals surface area contributed by atoms with Crippen LogP contribution in [0.4, 0.5) is 4.79 Å². The molecule has 1 aliphatic heterocycles. The maximum atomic E-state index is 12.7. The van der Waals surface area contributed by atoms with Crippen molar-refractivity contribution in [2.24, 2.45) is 0 Å². The van der Waals surface area contributed by atoms with E-state index in [0.717, 1.165) is 32.9 Å². The topological polar surface area (TPSA) is 63.7 Å². The molecule has 0 saturated carbocycles. The van der Waals surface area contributed by atoms with Gasteiger partial charge in [0.1, 0.15) is 5.75 Å². The Morgan fingerprint density at radius 2 is 1.78 bits per heavy atom. The highest BCUT2D eigenvalue weighted by molar-refractivity contribution is 9.10. The van der Waals surface area contributed by atoms with Gasteiger partial charge in [0.15, 0.2) is 0 Å². The van der Waals surface area contributed by atoms with E-state index in [2.05, 4.69) is 15.9 Å². The van der Waals surface area contributed by atoms with Crippen molar-refractivity contribution in [1.29, 1.82) is 0 Å². The first kappa shape index (κ1) is 22.0. The van der Waals surface area contributed by atoms with Crippen molar-refractivity contribution in [2.75, 3.05) is 0 Å². The Morgan fingerprint density at radius 1 is 1.03 bits per heavy atom. The van der Waals surface area contributed by atoms with Crippen molar-refractivity contribution >= 4 is 50.9 Å². The summed E-state index contributed by atoms with van der Waals surface area (Å²) in [6.45, 7) is 2.21. The number of hydrogen-bond donors (Lipinski definition) is 0. The van der Waals surface area contributed by atoms with Crippen LogP contribution >= 0.6 is 27.7 Å². The zero-order valence-electron chi connectivity index (χ0n) is 17.1. The summed E-state index contributed by atoms with van der Waals surface area (Å²) in [4.78, 5) is 39.0. The minimum absolute atomic E-state index is 0.244. The van der Waals surface area contributed by atoms with Crippen molar-refractivity contribution in [1.82, 2.24) is 4.90 Å². The molecule has 0 spiro atoms. The molecule has 1 saturated heterocycles. The third kappa shape index (κ3) is 5.18. The molecule has 32 heavy (non-hydrogen) atoms. The SMILES string of the molecule is Cc1cccc(CN2C(=O)S/C(=C\c3ccc(OC(=O)c4cccc(Br)c4)cc3)C2=O)c1. The van der Waals surface area contributed by atoms with Crippen LogP contribution in [-0.4, -0.2) is 22.0 Å². The molecule has 4 rings (SSSR count). The molecule has 0 aromatic heterocycles. The van der Waals surface area contributed by atoms with Gasteiger partial charge in [-0.25, -0.2) is 4.79 Å². The van der Waals surface area contributed by atoms with Crippen LogP contribution in [0.3, 0.4) is 0 Å². The molecule has 0 N–H and O–H groups in total. The lowest BCUT2D eigenvalue weighted by Crippen LogP contribution is -2.27. The lowest BCUT2D eigenvalue weighted by Gasteiger charge is -2.12. The summed E-state index contributed by atoms with van der Waals surface area (Å²) >= 11 is 4.25. The second kappa shape index (κ2) is 9.54. The molecule has 2 amide bonds. The smallest absolute Gasteiger partial charge is 0.343 e. The van der Waals surface area contributed by atoms with Gasteiger partial charge in [-0.05, 0) is 66.2 Å². The summed E-state index contributed by atoms with van der Waals surface area (Å²) in [5.74, 6) is -0.386. The number of ether oxygens (including phenoxy) is 1. The number of carbonyl (C=O) groups excluding carboxylic acids is 3. The molecule has 7 heteroatoms. The highest BCUT2D eigenvalue weighted by Crippen LogP contribution is 2.33. The highest BCUT2D eigenvalue weighted by atomic mass is 79.9. The number of aryl methyl sites for hydroxylation is 1. The third-order valence-corrected chi connectivity index (χ3v) is 6.15. The Bertz CT molecular complexity index is 1240. The van der Waals surface area contributed by atoms with Crippen molar-refractivity contribution in [3.63, 3.8) is 0 Å². The van der Waals surface area contributed by atoms with E-state index in [0.29, 0.717) is 16.2 Å². The largest absolute Gasteiger partial charge is 0.423 e. The number of carbonyl (C=O) groups is 3. The van der Waals surface area contributed by atoms with Gasteiger partial charge in [0.25, 0.3) is 11.1 Å². The standard InChI is InChI=1S/C25H18BrNO4S/c1-16-4-2-5-18(12-16)15-27-23(28)22(32-25(27)30)13-17-8-10-21(11-9-17)31-24(29)19-6-3-7-20(26)14-19/h2-14H,15H2,1H3/b22-13-. The van der Waals surface area contributed by atoms with Gasteiger partial charge in [0.2, 0.25) is 0 Å². The molecule has 1 fully saturated rings. The summed E-state index contributed by atoms with van der Waals surface area (Å²) in [5, 5.41) is -0.290. The van der Waals surface area contributed by atoms with E-state index in [9.17, 15) is 14.4 Å². The van der Waals surface area contributed by atoms with Crippen LogP contribution in [0.15, 0.2) is 82.2 Å². The van der Waals surface area contributed by atoms with Crippen molar-refractivity contribution in [3.8, 4) is 5.75 Å². The summed E-state index contributed by atoms with van der Waals surface area (Å²) in [6.07, 6.45) is 1.67. The molecular formula is C25H18BrNO4S. The van der Waals surface area contributed by atoms with E-state index in [4.69, 9.17) is 4.74 Å². The van der Waals surface area contributed by atoms with E-state index >= 15 is 0 Å². The van der Waals surface area contributed by atoms with E-state index in [1.807, 2.05) is 37.3 Å². The second-order valence-electron chi connectivity index (χ2n) is 7.23. The van der Waals surface area contributed by atoms with E-state index in [1.54, 1.807) is 48.5 Å². The number of benzene rings is 3. The fourth-order valence-electron chi connectivity index (χ4n) is 3.19. The number of halogens is 1. The van der Waals surface area contributed by atoms with Crippen LogP contribution in [-0.2, 0) is 11.3 Å². The molecule has 0 radical (unpaired) electrons. The maximum absolute atomic E-state index is 12.7. The highest BCUT2D eigenvalue weighted by Gasteiger charge is 2.34. The summed E-state index contributed by atoms with van der Waals surface area (Å²) < 4.78 is 6.19. The lowest BCUT2D eigenvalue weighted by molar-refractivity contribution is -0.123. The van der Waals surface area contributed by atoms with E-state index in [1.165, 1.54) is 4.90 Å². The Balaban J connectivity index is 1.44. The average Bonchev–Trinajstić information content (AvgIpc) is 3.02. The number of esters is 1. The third-order valence-electron chi connectivity index (χ3n) is 4.75. The van der Waals surface area contributed by atoms with Crippen LogP contribution < -0.4 is 4.74 Å². The molecule has 1 heterocycles. The first-order valence-electron chi connectivity index (χ1n) is 9.78. The Morgan fingerprint density at radius 3 is 2.50 bits per heavy atom. The fourth-order valence-corrected chi connectivity index (χ4v) is 4.43. The van der Waals surface area contributed by atoms with Crippen LogP contribution in [0.5, 0.6) is 5.75 Å². The zero-order chi connectivity index (χ0) is 22.7. The number of rotatable bonds is 5. The molecule has 160 valence electrons. The normalized spacial score (nSPS) is 14.8. The number of imide groups is 1. The fraction of sp³-hybridized carbons (Fsp3) is 0.0800. The number of thioether (sulfide) groups is 1. The number of amides is 2. The van der Waals surface area contributed by atoms with Gasteiger partial charge in [0.05, 0.1) is 17.0 Å². The van der Waals surface area contributed by atoms with Gasteiger partial charge in [-0.2, -0.15) is 0 Å². The summed E-state index contributed by atoms with van der Waals surface area (Å²) in [6, 6.07) is 21.5. The van der Waals surface area contributed by atoms with Crippen molar-refractivity contribution < 1.29 is 19.1 Å². The van der Waals surface area contributed by atoms with Gasteiger partial charge in [-0.1, -0.05) is 64.0 Å². The second-order valence-corrected chi connectivity index (χ2v) is 9.13. The molecule has 3 aromatic rings. The zero-order valence-corrected chi connectivity index (χ0v) is 19.5.